The molecule has 0 spiro atoms. The number of hydrogen-bond donors (Lipinski definition) is 1. The quantitative estimate of drug-likeness (QED) is 0.772. The van der Waals surface area contributed by atoms with Crippen molar-refractivity contribution in [1.29, 1.82) is 0 Å². The molecule has 0 aliphatic rings. The standard InChI is InChI=1S/C18H22BrNO/c1-12-8-9-14(18(2,3)4)17(10-12)21-11-13-15(19)6-5-7-16(13)20/h5-10H,11,20H2,1-4H3. The lowest BCUT2D eigenvalue weighted by Crippen LogP contribution is -2.14. The van der Waals surface area contributed by atoms with Crippen molar-refractivity contribution >= 4 is 21.6 Å². The molecule has 0 aliphatic heterocycles. The fourth-order valence-corrected chi connectivity index (χ4v) is 2.74. The first kappa shape index (κ1) is 15.9. The predicted octanol–water partition coefficient (Wildman–Crippen LogP) is 5.22. The van der Waals surface area contributed by atoms with Crippen molar-refractivity contribution in [3.63, 3.8) is 0 Å². The summed E-state index contributed by atoms with van der Waals surface area (Å²) in [6.45, 7) is 9.11. The summed E-state index contributed by atoms with van der Waals surface area (Å²) < 4.78 is 7.06. The average molecular weight is 348 g/mol. The molecule has 3 heteroatoms. The molecular formula is C18H22BrNO. The number of rotatable bonds is 3. The molecule has 0 aliphatic carbocycles. The molecule has 0 saturated heterocycles. The van der Waals surface area contributed by atoms with Gasteiger partial charge in [-0.3, -0.25) is 0 Å². The molecule has 2 nitrogen and oxygen atoms in total. The maximum absolute atomic E-state index is 6.08. The van der Waals surface area contributed by atoms with Gasteiger partial charge in [-0.05, 0) is 41.7 Å². The summed E-state index contributed by atoms with van der Waals surface area (Å²) in [5.74, 6) is 0.928. The zero-order chi connectivity index (χ0) is 15.6. The van der Waals surface area contributed by atoms with Crippen LogP contribution in [0.1, 0.15) is 37.5 Å². The number of hydrogen-bond acceptors (Lipinski definition) is 2. The van der Waals surface area contributed by atoms with E-state index in [0.29, 0.717) is 6.61 Å². The zero-order valence-corrected chi connectivity index (χ0v) is 14.6. The molecule has 2 aromatic carbocycles. The molecule has 0 atom stereocenters. The highest BCUT2D eigenvalue weighted by Crippen LogP contribution is 2.33. The molecule has 0 radical (unpaired) electrons. The highest BCUT2D eigenvalue weighted by Gasteiger charge is 2.19. The molecule has 0 unspecified atom stereocenters. The van der Waals surface area contributed by atoms with Crippen molar-refractivity contribution in [2.45, 2.75) is 39.7 Å². The fourth-order valence-electron chi connectivity index (χ4n) is 2.25. The first-order valence-electron chi connectivity index (χ1n) is 7.06. The molecule has 0 saturated carbocycles. The van der Waals surface area contributed by atoms with Crippen LogP contribution in [0, 0.1) is 6.92 Å². The third-order valence-electron chi connectivity index (χ3n) is 3.47. The van der Waals surface area contributed by atoms with Crippen LogP contribution in [0.3, 0.4) is 0 Å². The molecule has 21 heavy (non-hydrogen) atoms. The summed E-state index contributed by atoms with van der Waals surface area (Å²) in [5.41, 5.74) is 10.2. The largest absolute Gasteiger partial charge is 0.488 e. The summed E-state index contributed by atoms with van der Waals surface area (Å²) in [4.78, 5) is 0. The summed E-state index contributed by atoms with van der Waals surface area (Å²) >= 11 is 3.53. The monoisotopic (exact) mass is 347 g/mol. The highest BCUT2D eigenvalue weighted by molar-refractivity contribution is 9.10. The Bertz CT molecular complexity index is 624. The van der Waals surface area contributed by atoms with Gasteiger partial charge in [0, 0.05) is 15.7 Å². The van der Waals surface area contributed by atoms with Crippen LogP contribution in [-0.4, -0.2) is 0 Å². The van der Waals surface area contributed by atoms with Crippen LogP contribution >= 0.6 is 15.9 Å². The number of nitrogens with two attached hydrogens (primary N) is 1. The molecule has 0 amide bonds. The van der Waals surface area contributed by atoms with Crippen LogP contribution in [0.15, 0.2) is 40.9 Å². The minimum absolute atomic E-state index is 0.0441. The van der Waals surface area contributed by atoms with E-state index in [0.717, 1.165) is 21.5 Å². The molecule has 0 bridgehead atoms. The van der Waals surface area contributed by atoms with Gasteiger partial charge < -0.3 is 10.5 Å². The Balaban J connectivity index is 2.30. The first-order valence-corrected chi connectivity index (χ1v) is 7.85. The lowest BCUT2D eigenvalue weighted by Gasteiger charge is -2.23. The van der Waals surface area contributed by atoms with Gasteiger partial charge in [0.25, 0.3) is 0 Å². The van der Waals surface area contributed by atoms with Crippen LogP contribution < -0.4 is 10.5 Å². The Hall–Kier alpha value is -1.48. The summed E-state index contributed by atoms with van der Waals surface area (Å²) in [6.07, 6.45) is 0. The van der Waals surface area contributed by atoms with Gasteiger partial charge in [0.05, 0.1) is 0 Å². The number of aryl methyl sites for hydroxylation is 1. The van der Waals surface area contributed by atoms with E-state index in [1.54, 1.807) is 0 Å². The second-order valence-corrected chi connectivity index (χ2v) is 7.20. The van der Waals surface area contributed by atoms with Gasteiger partial charge in [0.2, 0.25) is 0 Å². The predicted molar refractivity (Wildman–Crippen MR) is 92.8 cm³/mol. The SMILES string of the molecule is Cc1ccc(C(C)(C)C)c(OCc2c(N)cccc2Br)c1. The van der Waals surface area contributed by atoms with Crippen LogP contribution in [0.5, 0.6) is 5.75 Å². The average Bonchev–Trinajstić information content (AvgIpc) is 2.36. The van der Waals surface area contributed by atoms with Crippen molar-refractivity contribution in [3.8, 4) is 5.75 Å². The van der Waals surface area contributed by atoms with E-state index in [4.69, 9.17) is 10.5 Å². The number of ether oxygens (including phenoxy) is 1. The Kier molecular flexibility index (Phi) is 4.62. The van der Waals surface area contributed by atoms with E-state index in [1.807, 2.05) is 18.2 Å². The molecule has 2 aromatic rings. The molecule has 0 aromatic heterocycles. The topological polar surface area (TPSA) is 35.2 Å². The first-order chi connectivity index (χ1) is 9.79. The van der Waals surface area contributed by atoms with Gasteiger partial charge >= 0.3 is 0 Å². The summed E-state index contributed by atoms with van der Waals surface area (Å²) in [7, 11) is 0. The number of nitrogen functional groups attached to an aromatic ring is 1. The lowest BCUT2D eigenvalue weighted by atomic mass is 9.86. The summed E-state index contributed by atoms with van der Waals surface area (Å²) in [6, 6.07) is 12.2. The van der Waals surface area contributed by atoms with Gasteiger partial charge in [-0.25, -0.2) is 0 Å². The van der Waals surface area contributed by atoms with Crippen LogP contribution in [0.4, 0.5) is 5.69 Å². The van der Waals surface area contributed by atoms with E-state index < -0.39 is 0 Å². The van der Waals surface area contributed by atoms with Gasteiger partial charge in [0.15, 0.2) is 0 Å². The van der Waals surface area contributed by atoms with Crippen molar-refractivity contribution in [3.05, 3.63) is 57.6 Å². The Morgan fingerprint density at radius 2 is 1.86 bits per heavy atom. The van der Waals surface area contributed by atoms with Gasteiger partial charge in [-0.2, -0.15) is 0 Å². The smallest absolute Gasteiger partial charge is 0.123 e. The highest BCUT2D eigenvalue weighted by atomic mass is 79.9. The second-order valence-electron chi connectivity index (χ2n) is 6.35. The van der Waals surface area contributed by atoms with Gasteiger partial charge in [-0.1, -0.05) is 54.9 Å². The normalized spacial score (nSPS) is 11.5. The Morgan fingerprint density at radius 1 is 1.14 bits per heavy atom. The zero-order valence-electron chi connectivity index (χ0n) is 13.0. The van der Waals surface area contributed by atoms with Crippen molar-refractivity contribution < 1.29 is 4.74 Å². The third-order valence-corrected chi connectivity index (χ3v) is 4.22. The van der Waals surface area contributed by atoms with E-state index in [2.05, 4.69) is 61.8 Å². The minimum atomic E-state index is 0.0441. The fraction of sp³-hybridized carbons (Fsp3) is 0.333. The third kappa shape index (κ3) is 3.79. The van der Waals surface area contributed by atoms with Gasteiger partial charge in [-0.15, -0.1) is 0 Å². The Morgan fingerprint density at radius 3 is 2.48 bits per heavy atom. The number of benzene rings is 2. The maximum Gasteiger partial charge on any atom is 0.123 e. The van der Waals surface area contributed by atoms with Crippen molar-refractivity contribution in [2.75, 3.05) is 5.73 Å². The van der Waals surface area contributed by atoms with Crippen molar-refractivity contribution in [2.24, 2.45) is 0 Å². The van der Waals surface area contributed by atoms with E-state index >= 15 is 0 Å². The lowest BCUT2D eigenvalue weighted by molar-refractivity contribution is 0.297. The number of anilines is 1. The van der Waals surface area contributed by atoms with Crippen LogP contribution in [0.25, 0.3) is 0 Å². The maximum atomic E-state index is 6.08. The Labute approximate surface area is 135 Å². The van der Waals surface area contributed by atoms with E-state index in [9.17, 15) is 0 Å². The van der Waals surface area contributed by atoms with Crippen LogP contribution in [-0.2, 0) is 12.0 Å². The van der Waals surface area contributed by atoms with E-state index in [-0.39, 0.29) is 5.41 Å². The van der Waals surface area contributed by atoms with E-state index in [1.165, 1.54) is 11.1 Å². The number of halogens is 1. The van der Waals surface area contributed by atoms with Crippen molar-refractivity contribution in [1.82, 2.24) is 0 Å². The second kappa shape index (κ2) is 6.10. The molecule has 0 fully saturated rings. The summed E-state index contributed by atoms with van der Waals surface area (Å²) in [5, 5.41) is 0. The van der Waals surface area contributed by atoms with Gasteiger partial charge in [0.1, 0.15) is 12.4 Å². The minimum Gasteiger partial charge on any atom is -0.488 e. The van der Waals surface area contributed by atoms with Crippen LogP contribution in [0.2, 0.25) is 0 Å². The molecular weight excluding hydrogens is 326 g/mol. The molecule has 2 N–H and O–H groups in total. The molecule has 2 rings (SSSR count). The molecule has 0 heterocycles. The molecule has 112 valence electrons.